The van der Waals surface area contributed by atoms with E-state index in [9.17, 15) is 0 Å². The van der Waals surface area contributed by atoms with Crippen LogP contribution in [-0.2, 0) is 0 Å². The van der Waals surface area contributed by atoms with Crippen molar-refractivity contribution in [1.82, 2.24) is 4.90 Å². The van der Waals surface area contributed by atoms with Gasteiger partial charge in [0.1, 0.15) is 0 Å². The Labute approximate surface area is 136 Å². The van der Waals surface area contributed by atoms with Gasteiger partial charge in [-0.2, -0.15) is 0 Å². The molecule has 0 aliphatic rings. The summed E-state index contributed by atoms with van der Waals surface area (Å²) in [7, 11) is 4.39. The first-order chi connectivity index (χ1) is 9.25. The maximum absolute atomic E-state index is 2.35. The molecule has 0 heterocycles. The maximum atomic E-state index is 2.35. The summed E-state index contributed by atoms with van der Waals surface area (Å²) in [6, 6.07) is 11.5. The topological polar surface area (TPSA) is 3.24 Å². The van der Waals surface area contributed by atoms with Crippen LogP contribution in [-0.4, -0.2) is 19.0 Å². The number of hydrogen-bond donors (Lipinski definition) is 0. The second kappa shape index (κ2) is 12.4. The molecule has 0 aliphatic heterocycles. The van der Waals surface area contributed by atoms with E-state index in [1.54, 1.807) is 0 Å². The summed E-state index contributed by atoms with van der Waals surface area (Å²) in [5, 5.41) is 0. The van der Waals surface area contributed by atoms with Gasteiger partial charge >= 0.3 is 0 Å². The fourth-order valence-electron chi connectivity index (χ4n) is 2.69. The number of benzene rings is 1. The molecule has 0 aliphatic carbocycles. The highest BCUT2D eigenvalue weighted by atomic mass is 79.9. The molecule has 2 heteroatoms. The van der Waals surface area contributed by atoms with E-state index in [1.165, 1.54) is 56.9 Å². The molecule has 0 spiro atoms. The molecule has 1 unspecified atom stereocenters. The molecular formula is C18H32BrN. The van der Waals surface area contributed by atoms with Crippen molar-refractivity contribution in [2.24, 2.45) is 0 Å². The SMILES string of the molecule is Br.CCCCCCCCCC(c1ccccc1)N(C)C. The molecule has 0 bridgehead atoms. The van der Waals surface area contributed by atoms with Gasteiger partial charge in [0.15, 0.2) is 0 Å². The zero-order valence-electron chi connectivity index (χ0n) is 13.5. The van der Waals surface area contributed by atoms with Gasteiger partial charge in [0, 0.05) is 6.04 Å². The number of halogens is 1. The van der Waals surface area contributed by atoms with Gasteiger partial charge in [-0.25, -0.2) is 0 Å². The molecular weight excluding hydrogens is 310 g/mol. The van der Waals surface area contributed by atoms with Gasteiger partial charge in [-0.15, -0.1) is 17.0 Å². The standard InChI is InChI=1S/C18H31N.BrH/c1-4-5-6-7-8-9-13-16-18(19(2)3)17-14-11-10-12-15-17;/h10-12,14-15,18H,4-9,13,16H2,1-3H3;1H. The lowest BCUT2D eigenvalue weighted by Gasteiger charge is -2.24. The third-order valence-electron chi connectivity index (χ3n) is 3.89. The van der Waals surface area contributed by atoms with Gasteiger partial charge in [0.25, 0.3) is 0 Å². The number of unbranched alkanes of at least 4 members (excludes halogenated alkanes) is 6. The van der Waals surface area contributed by atoms with E-state index < -0.39 is 0 Å². The summed E-state index contributed by atoms with van der Waals surface area (Å²) in [6.45, 7) is 2.28. The van der Waals surface area contributed by atoms with E-state index in [4.69, 9.17) is 0 Å². The summed E-state index contributed by atoms with van der Waals surface area (Å²) >= 11 is 0. The van der Waals surface area contributed by atoms with Crippen LogP contribution >= 0.6 is 17.0 Å². The molecule has 116 valence electrons. The second-order valence-electron chi connectivity index (χ2n) is 5.80. The summed E-state index contributed by atoms with van der Waals surface area (Å²) < 4.78 is 0. The molecule has 0 radical (unpaired) electrons. The predicted molar refractivity (Wildman–Crippen MR) is 95.8 cm³/mol. The molecule has 0 amide bonds. The van der Waals surface area contributed by atoms with Crippen LogP contribution in [0.15, 0.2) is 30.3 Å². The van der Waals surface area contributed by atoms with Crippen molar-refractivity contribution in [3.8, 4) is 0 Å². The minimum absolute atomic E-state index is 0. The minimum Gasteiger partial charge on any atom is -0.302 e. The van der Waals surface area contributed by atoms with Crippen molar-refractivity contribution in [3.63, 3.8) is 0 Å². The van der Waals surface area contributed by atoms with E-state index >= 15 is 0 Å². The summed E-state index contributed by atoms with van der Waals surface area (Å²) in [4.78, 5) is 2.35. The van der Waals surface area contributed by atoms with Crippen molar-refractivity contribution < 1.29 is 0 Å². The Hall–Kier alpha value is -0.340. The van der Waals surface area contributed by atoms with E-state index in [1.807, 2.05) is 0 Å². The first-order valence-corrected chi connectivity index (χ1v) is 7.97. The predicted octanol–water partition coefficient (Wildman–Crippen LogP) is 6.01. The average Bonchev–Trinajstić information content (AvgIpc) is 2.42. The first kappa shape index (κ1) is 19.7. The zero-order chi connectivity index (χ0) is 13.9. The molecule has 1 atom stereocenters. The monoisotopic (exact) mass is 341 g/mol. The van der Waals surface area contributed by atoms with Crippen LogP contribution in [0.3, 0.4) is 0 Å². The first-order valence-electron chi connectivity index (χ1n) is 7.97. The molecule has 1 nitrogen and oxygen atoms in total. The summed E-state index contributed by atoms with van der Waals surface area (Å²) in [5.74, 6) is 0. The van der Waals surface area contributed by atoms with Crippen molar-refractivity contribution in [2.45, 2.75) is 64.3 Å². The largest absolute Gasteiger partial charge is 0.302 e. The highest BCUT2D eigenvalue weighted by Crippen LogP contribution is 2.24. The van der Waals surface area contributed by atoms with Crippen LogP contribution in [0, 0.1) is 0 Å². The van der Waals surface area contributed by atoms with Crippen LogP contribution in [0.4, 0.5) is 0 Å². The number of hydrogen-bond acceptors (Lipinski definition) is 1. The quantitative estimate of drug-likeness (QED) is 0.471. The Balaban J connectivity index is 0.00000361. The molecule has 1 rings (SSSR count). The Bertz CT molecular complexity index is 310. The lowest BCUT2D eigenvalue weighted by atomic mass is 9.99. The molecule has 1 aromatic rings. The molecule has 20 heavy (non-hydrogen) atoms. The van der Waals surface area contributed by atoms with Gasteiger partial charge in [0.2, 0.25) is 0 Å². The highest BCUT2D eigenvalue weighted by Gasteiger charge is 2.12. The fourth-order valence-corrected chi connectivity index (χ4v) is 2.69. The van der Waals surface area contributed by atoms with Crippen molar-refractivity contribution >= 4 is 17.0 Å². The van der Waals surface area contributed by atoms with Crippen LogP contribution in [0.5, 0.6) is 0 Å². The molecule has 0 saturated heterocycles. The number of nitrogens with zero attached hydrogens (tertiary/aromatic N) is 1. The van der Waals surface area contributed by atoms with E-state index in [2.05, 4.69) is 56.3 Å². The molecule has 0 fully saturated rings. The van der Waals surface area contributed by atoms with Crippen LogP contribution in [0.25, 0.3) is 0 Å². The highest BCUT2D eigenvalue weighted by molar-refractivity contribution is 8.93. The van der Waals surface area contributed by atoms with Crippen molar-refractivity contribution in [2.75, 3.05) is 14.1 Å². The smallest absolute Gasteiger partial charge is 0.0342 e. The third kappa shape index (κ3) is 8.06. The van der Waals surface area contributed by atoms with E-state index in [-0.39, 0.29) is 17.0 Å². The van der Waals surface area contributed by atoms with Gasteiger partial charge in [-0.3, -0.25) is 0 Å². The Morgan fingerprint density at radius 2 is 1.40 bits per heavy atom. The molecule has 0 N–H and O–H groups in total. The van der Waals surface area contributed by atoms with Gasteiger partial charge in [-0.05, 0) is 26.1 Å². The van der Waals surface area contributed by atoms with E-state index in [0.29, 0.717) is 6.04 Å². The van der Waals surface area contributed by atoms with Crippen LogP contribution in [0.1, 0.15) is 69.9 Å². The second-order valence-corrected chi connectivity index (χ2v) is 5.80. The summed E-state index contributed by atoms with van der Waals surface area (Å²) in [5.41, 5.74) is 1.46. The third-order valence-corrected chi connectivity index (χ3v) is 3.89. The van der Waals surface area contributed by atoms with Gasteiger partial charge in [-0.1, -0.05) is 82.2 Å². The normalized spacial score (nSPS) is 12.2. The Kier molecular flexibility index (Phi) is 12.2. The lowest BCUT2D eigenvalue weighted by Crippen LogP contribution is -2.19. The molecule has 0 aromatic heterocycles. The Morgan fingerprint density at radius 3 is 1.95 bits per heavy atom. The minimum atomic E-state index is 0. The molecule has 0 saturated carbocycles. The van der Waals surface area contributed by atoms with Gasteiger partial charge in [0.05, 0.1) is 0 Å². The maximum Gasteiger partial charge on any atom is 0.0342 e. The summed E-state index contributed by atoms with van der Waals surface area (Å²) in [6.07, 6.45) is 11.0. The molecule has 1 aromatic carbocycles. The van der Waals surface area contributed by atoms with Crippen LogP contribution < -0.4 is 0 Å². The lowest BCUT2D eigenvalue weighted by molar-refractivity contribution is 0.276. The zero-order valence-corrected chi connectivity index (χ0v) is 15.2. The van der Waals surface area contributed by atoms with Crippen LogP contribution in [0.2, 0.25) is 0 Å². The number of rotatable bonds is 10. The van der Waals surface area contributed by atoms with Crippen molar-refractivity contribution in [3.05, 3.63) is 35.9 Å². The van der Waals surface area contributed by atoms with Crippen molar-refractivity contribution in [1.29, 1.82) is 0 Å². The Morgan fingerprint density at radius 1 is 0.850 bits per heavy atom. The van der Waals surface area contributed by atoms with E-state index in [0.717, 1.165) is 0 Å². The average molecular weight is 342 g/mol. The fraction of sp³-hybridized carbons (Fsp3) is 0.667. The van der Waals surface area contributed by atoms with Gasteiger partial charge < -0.3 is 4.90 Å².